The first kappa shape index (κ1) is 17.9. The Hall–Kier alpha value is -2.44. The Morgan fingerprint density at radius 2 is 1.93 bits per heavy atom. The molecule has 1 N–H and O–H groups in total. The zero-order valence-electron chi connectivity index (χ0n) is 14.8. The molecule has 3 atom stereocenters. The summed E-state index contributed by atoms with van der Waals surface area (Å²) in [5, 5.41) is 0. The van der Waals surface area contributed by atoms with Crippen molar-refractivity contribution in [1.29, 1.82) is 0 Å². The normalized spacial score (nSPS) is 23.9. The number of sulfonamides is 1. The van der Waals surface area contributed by atoms with Gasteiger partial charge in [0.25, 0.3) is 10.0 Å². The van der Waals surface area contributed by atoms with Crippen molar-refractivity contribution in [2.45, 2.75) is 30.4 Å². The molecule has 5 nitrogen and oxygen atoms in total. The number of nitrogens with one attached hydrogen (secondary N) is 1. The second-order valence-electron chi connectivity index (χ2n) is 7.06. The van der Waals surface area contributed by atoms with E-state index >= 15 is 0 Å². The van der Waals surface area contributed by atoms with Crippen LogP contribution in [0.5, 0.6) is 0 Å². The van der Waals surface area contributed by atoms with Gasteiger partial charge in [0.15, 0.2) is 0 Å². The number of allylic oxidation sites excluding steroid dienone is 1. The molecule has 2 aliphatic rings. The highest BCUT2D eigenvalue weighted by molar-refractivity contribution is 7.90. The first-order chi connectivity index (χ1) is 13.0. The third kappa shape index (κ3) is 3.68. The first-order valence-electron chi connectivity index (χ1n) is 8.95. The Balaban J connectivity index is 1.50. The number of rotatable bonds is 5. The molecule has 140 valence electrons. The lowest BCUT2D eigenvalue weighted by Crippen LogP contribution is -2.32. The Kier molecular flexibility index (Phi) is 4.61. The number of hydrogen-bond acceptors (Lipinski definition) is 4. The smallest absolute Gasteiger partial charge is 0.264 e. The van der Waals surface area contributed by atoms with Crippen LogP contribution in [0, 0.1) is 11.8 Å². The Morgan fingerprint density at radius 3 is 2.63 bits per heavy atom. The van der Waals surface area contributed by atoms with Crippen molar-refractivity contribution in [3.05, 3.63) is 77.9 Å². The molecule has 1 fully saturated rings. The summed E-state index contributed by atoms with van der Waals surface area (Å²) in [5.74, 6) is -0.671. The summed E-state index contributed by atoms with van der Waals surface area (Å²) >= 11 is 0. The van der Waals surface area contributed by atoms with E-state index in [1.807, 2.05) is 36.4 Å². The molecule has 2 unspecified atom stereocenters. The SMILES string of the molecule is C=CC1C[C@@H]1C(=O)NS(=O)(=O)c1ccc2c(c1)COC(c1ccccc1)C2. The molecule has 2 aromatic rings. The molecule has 0 spiro atoms. The van der Waals surface area contributed by atoms with Gasteiger partial charge in [0, 0.05) is 12.3 Å². The van der Waals surface area contributed by atoms with Crippen LogP contribution >= 0.6 is 0 Å². The van der Waals surface area contributed by atoms with Gasteiger partial charge < -0.3 is 4.74 Å². The number of hydrogen-bond donors (Lipinski definition) is 1. The van der Waals surface area contributed by atoms with E-state index < -0.39 is 15.9 Å². The van der Waals surface area contributed by atoms with E-state index in [2.05, 4.69) is 11.3 Å². The van der Waals surface area contributed by atoms with Gasteiger partial charge in [0.2, 0.25) is 5.91 Å². The molecular formula is C21H21NO4S. The van der Waals surface area contributed by atoms with E-state index in [1.54, 1.807) is 18.2 Å². The fraction of sp³-hybridized carbons (Fsp3) is 0.286. The van der Waals surface area contributed by atoms with E-state index in [1.165, 1.54) is 0 Å². The second-order valence-corrected chi connectivity index (χ2v) is 8.74. The quantitative estimate of drug-likeness (QED) is 0.805. The topological polar surface area (TPSA) is 72.5 Å². The van der Waals surface area contributed by atoms with Crippen molar-refractivity contribution in [2.24, 2.45) is 11.8 Å². The molecule has 1 aliphatic carbocycles. The van der Waals surface area contributed by atoms with Gasteiger partial charge in [-0.05, 0) is 41.2 Å². The largest absolute Gasteiger partial charge is 0.368 e. The molecule has 1 aliphatic heterocycles. The number of fused-ring (bicyclic) bond motifs is 1. The summed E-state index contributed by atoms with van der Waals surface area (Å²) in [7, 11) is -3.88. The molecule has 2 aromatic carbocycles. The Labute approximate surface area is 159 Å². The number of carbonyl (C=O) groups is 1. The summed E-state index contributed by atoms with van der Waals surface area (Å²) in [6.07, 6.45) is 3.00. The van der Waals surface area contributed by atoms with Gasteiger partial charge in [-0.3, -0.25) is 4.79 Å². The molecule has 6 heteroatoms. The van der Waals surface area contributed by atoms with Crippen molar-refractivity contribution in [2.75, 3.05) is 0 Å². The van der Waals surface area contributed by atoms with Crippen molar-refractivity contribution < 1.29 is 17.9 Å². The van der Waals surface area contributed by atoms with Crippen LogP contribution in [0.3, 0.4) is 0 Å². The molecule has 0 saturated heterocycles. The molecular weight excluding hydrogens is 362 g/mol. The summed E-state index contributed by atoms with van der Waals surface area (Å²) in [6, 6.07) is 14.9. The van der Waals surface area contributed by atoms with Crippen molar-refractivity contribution in [3.8, 4) is 0 Å². The van der Waals surface area contributed by atoms with E-state index in [-0.39, 0.29) is 22.8 Å². The summed E-state index contributed by atoms with van der Waals surface area (Å²) in [5.41, 5.74) is 3.01. The van der Waals surface area contributed by atoms with Crippen molar-refractivity contribution in [1.82, 2.24) is 4.72 Å². The molecule has 1 amide bonds. The highest BCUT2D eigenvalue weighted by atomic mass is 32.2. The van der Waals surface area contributed by atoms with Crippen LogP contribution in [-0.4, -0.2) is 14.3 Å². The lowest BCUT2D eigenvalue weighted by atomic mass is 9.95. The third-order valence-electron chi connectivity index (χ3n) is 5.22. The molecule has 27 heavy (non-hydrogen) atoms. The fourth-order valence-electron chi connectivity index (χ4n) is 3.48. The number of carbonyl (C=O) groups excluding carboxylic acids is 1. The van der Waals surface area contributed by atoms with Crippen LogP contribution in [0.4, 0.5) is 0 Å². The van der Waals surface area contributed by atoms with Gasteiger partial charge in [0.1, 0.15) is 0 Å². The molecule has 1 heterocycles. The summed E-state index contributed by atoms with van der Waals surface area (Å²) in [6.45, 7) is 3.98. The highest BCUT2D eigenvalue weighted by Crippen LogP contribution is 2.39. The van der Waals surface area contributed by atoms with Crippen LogP contribution < -0.4 is 4.72 Å². The number of benzene rings is 2. The van der Waals surface area contributed by atoms with Gasteiger partial charge in [-0.15, -0.1) is 6.58 Å². The van der Waals surface area contributed by atoms with E-state index in [0.29, 0.717) is 19.4 Å². The molecule has 0 bridgehead atoms. The lowest BCUT2D eigenvalue weighted by molar-refractivity contribution is -0.120. The summed E-state index contributed by atoms with van der Waals surface area (Å²) < 4.78 is 33.2. The highest BCUT2D eigenvalue weighted by Gasteiger charge is 2.42. The van der Waals surface area contributed by atoms with E-state index in [0.717, 1.165) is 16.7 Å². The fourth-order valence-corrected chi connectivity index (χ4v) is 4.56. The lowest BCUT2D eigenvalue weighted by Gasteiger charge is -2.26. The summed E-state index contributed by atoms with van der Waals surface area (Å²) in [4.78, 5) is 12.2. The zero-order chi connectivity index (χ0) is 19.0. The van der Waals surface area contributed by atoms with Gasteiger partial charge in [-0.1, -0.05) is 42.5 Å². The third-order valence-corrected chi connectivity index (χ3v) is 6.56. The second kappa shape index (κ2) is 6.94. The molecule has 4 rings (SSSR count). The zero-order valence-corrected chi connectivity index (χ0v) is 15.6. The average molecular weight is 383 g/mol. The maximum atomic E-state index is 12.5. The number of ether oxygens (including phenoxy) is 1. The minimum atomic E-state index is -3.88. The van der Waals surface area contributed by atoms with Gasteiger partial charge in [-0.25, -0.2) is 13.1 Å². The van der Waals surface area contributed by atoms with Crippen LogP contribution in [-0.2, 0) is 32.6 Å². The number of amides is 1. The molecule has 0 radical (unpaired) electrons. The molecule has 0 aromatic heterocycles. The standard InChI is InChI=1S/C21H21NO4S/c1-2-14-11-19(14)21(23)22-27(24,25)18-9-8-16-12-20(26-13-17(16)10-18)15-6-4-3-5-7-15/h2-10,14,19-20H,1,11-13H2,(H,22,23)/t14?,19-,20?/m0/s1. The predicted molar refractivity (Wildman–Crippen MR) is 101 cm³/mol. The maximum Gasteiger partial charge on any atom is 0.264 e. The van der Waals surface area contributed by atoms with Gasteiger partial charge >= 0.3 is 0 Å². The monoisotopic (exact) mass is 383 g/mol. The minimum absolute atomic E-state index is 0.0356. The van der Waals surface area contributed by atoms with Crippen molar-refractivity contribution >= 4 is 15.9 Å². The van der Waals surface area contributed by atoms with Crippen LogP contribution in [0.1, 0.15) is 29.2 Å². The van der Waals surface area contributed by atoms with Crippen LogP contribution in [0.15, 0.2) is 66.1 Å². The van der Waals surface area contributed by atoms with E-state index in [9.17, 15) is 13.2 Å². The van der Waals surface area contributed by atoms with E-state index in [4.69, 9.17) is 4.74 Å². The van der Waals surface area contributed by atoms with Crippen molar-refractivity contribution in [3.63, 3.8) is 0 Å². The van der Waals surface area contributed by atoms with Crippen LogP contribution in [0.25, 0.3) is 0 Å². The molecule has 1 saturated carbocycles. The van der Waals surface area contributed by atoms with Crippen LogP contribution in [0.2, 0.25) is 0 Å². The predicted octanol–water partition coefficient (Wildman–Crippen LogP) is 3.13. The van der Waals surface area contributed by atoms with Gasteiger partial charge in [0.05, 0.1) is 17.6 Å². The Morgan fingerprint density at radius 1 is 1.15 bits per heavy atom. The average Bonchev–Trinajstić information content (AvgIpc) is 3.48. The maximum absolute atomic E-state index is 12.5. The van der Waals surface area contributed by atoms with Gasteiger partial charge in [-0.2, -0.15) is 0 Å². The Bertz CT molecular complexity index is 984. The first-order valence-corrected chi connectivity index (χ1v) is 10.4. The minimum Gasteiger partial charge on any atom is -0.368 e.